The van der Waals surface area contributed by atoms with Crippen LogP contribution < -0.4 is 5.32 Å². The molecule has 1 aromatic heterocycles. The normalized spacial score (nSPS) is 23.3. The van der Waals surface area contributed by atoms with Gasteiger partial charge in [0.25, 0.3) is 0 Å². The fraction of sp³-hybridized carbons (Fsp3) is 0.700. The SMILES string of the molecule is Cn1ccc(CC2CCCNC2)n1. The van der Waals surface area contributed by atoms with Gasteiger partial charge in [0.1, 0.15) is 0 Å². The minimum absolute atomic E-state index is 0.795. The molecule has 3 heteroatoms. The Morgan fingerprint density at radius 3 is 3.23 bits per heavy atom. The van der Waals surface area contributed by atoms with Gasteiger partial charge in [-0.3, -0.25) is 4.68 Å². The monoisotopic (exact) mass is 179 g/mol. The van der Waals surface area contributed by atoms with Crippen molar-refractivity contribution in [2.24, 2.45) is 13.0 Å². The summed E-state index contributed by atoms with van der Waals surface area (Å²) in [5, 5.41) is 7.82. The zero-order valence-electron chi connectivity index (χ0n) is 8.16. The van der Waals surface area contributed by atoms with Crippen LogP contribution in [0.15, 0.2) is 12.3 Å². The largest absolute Gasteiger partial charge is 0.316 e. The van der Waals surface area contributed by atoms with Gasteiger partial charge in [0.15, 0.2) is 0 Å². The summed E-state index contributed by atoms with van der Waals surface area (Å²) in [4.78, 5) is 0. The van der Waals surface area contributed by atoms with E-state index in [1.54, 1.807) is 0 Å². The van der Waals surface area contributed by atoms with E-state index in [4.69, 9.17) is 0 Å². The number of hydrogen-bond donors (Lipinski definition) is 1. The van der Waals surface area contributed by atoms with Crippen molar-refractivity contribution in [3.63, 3.8) is 0 Å². The molecule has 0 bridgehead atoms. The smallest absolute Gasteiger partial charge is 0.0627 e. The summed E-state index contributed by atoms with van der Waals surface area (Å²) in [5.74, 6) is 0.795. The minimum Gasteiger partial charge on any atom is -0.316 e. The van der Waals surface area contributed by atoms with Crippen LogP contribution in [0.1, 0.15) is 18.5 Å². The fourth-order valence-electron chi connectivity index (χ4n) is 1.97. The van der Waals surface area contributed by atoms with E-state index >= 15 is 0 Å². The van der Waals surface area contributed by atoms with Crippen LogP contribution in [-0.4, -0.2) is 22.9 Å². The third-order valence-electron chi connectivity index (χ3n) is 2.67. The van der Waals surface area contributed by atoms with Crippen LogP contribution in [0.5, 0.6) is 0 Å². The summed E-state index contributed by atoms with van der Waals surface area (Å²) in [6.07, 6.45) is 5.82. The van der Waals surface area contributed by atoms with E-state index in [0.717, 1.165) is 18.9 Å². The van der Waals surface area contributed by atoms with Crippen molar-refractivity contribution in [1.29, 1.82) is 0 Å². The second-order valence-electron chi connectivity index (χ2n) is 3.90. The molecular weight excluding hydrogens is 162 g/mol. The van der Waals surface area contributed by atoms with Crippen LogP contribution in [0.2, 0.25) is 0 Å². The number of piperidine rings is 1. The highest BCUT2D eigenvalue weighted by molar-refractivity contribution is 5.00. The van der Waals surface area contributed by atoms with Crippen LogP contribution in [0, 0.1) is 5.92 Å². The highest BCUT2D eigenvalue weighted by atomic mass is 15.2. The summed E-state index contributed by atoms with van der Waals surface area (Å²) in [6.45, 7) is 2.36. The van der Waals surface area contributed by atoms with E-state index in [2.05, 4.69) is 16.5 Å². The zero-order chi connectivity index (χ0) is 9.10. The van der Waals surface area contributed by atoms with Crippen LogP contribution >= 0.6 is 0 Å². The summed E-state index contributed by atoms with van der Waals surface area (Å²) >= 11 is 0. The molecule has 1 fully saturated rings. The van der Waals surface area contributed by atoms with Gasteiger partial charge in [0.05, 0.1) is 5.69 Å². The molecule has 2 rings (SSSR count). The first-order chi connectivity index (χ1) is 6.34. The average Bonchev–Trinajstić information content (AvgIpc) is 2.53. The summed E-state index contributed by atoms with van der Waals surface area (Å²) < 4.78 is 1.88. The number of hydrogen-bond acceptors (Lipinski definition) is 2. The molecule has 1 N–H and O–H groups in total. The molecule has 1 unspecified atom stereocenters. The van der Waals surface area contributed by atoms with E-state index in [1.165, 1.54) is 25.1 Å². The Balaban J connectivity index is 1.89. The van der Waals surface area contributed by atoms with Gasteiger partial charge in [-0.15, -0.1) is 0 Å². The maximum absolute atomic E-state index is 4.39. The van der Waals surface area contributed by atoms with Crippen LogP contribution in [-0.2, 0) is 13.5 Å². The minimum atomic E-state index is 0.795. The van der Waals surface area contributed by atoms with E-state index in [1.807, 2.05) is 17.9 Å². The summed E-state index contributed by atoms with van der Waals surface area (Å²) in [5.41, 5.74) is 1.23. The predicted octanol–water partition coefficient (Wildman–Crippen LogP) is 0.962. The van der Waals surface area contributed by atoms with Crippen molar-refractivity contribution in [3.05, 3.63) is 18.0 Å². The van der Waals surface area contributed by atoms with Crippen LogP contribution in [0.4, 0.5) is 0 Å². The highest BCUT2D eigenvalue weighted by Crippen LogP contribution is 2.14. The number of aryl methyl sites for hydroxylation is 1. The third kappa shape index (κ3) is 2.31. The van der Waals surface area contributed by atoms with Gasteiger partial charge in [0.2, 0.25) is 0 Å². The fourth-order valence-corrected chi connectivity index (χ4v) is 1.97. The molecule has 0 saturated carbocycles. The molecule has 0 radical (unpaired) electrons. The lowest BCUT2D eigenvalue weighted by atomic mass is 9.95. The molecule has 1 aliphatic heterocycles. The van der Waals surface area contributed by atoms with Gasteiger partial charge in [-0.05, 0) is 44.3 Å². The number of nitrogens with zero attached hydrogens (tertiary/aromatic N) is 2. The van der Waals surface area contributed by atoms with E-state index < -0.39 is 0 Å². The summed E-state index contributed by atoms with van der Waals surface area (Å²) in [6, 6.07) is 2.12. The molecule has 13 heavy (non-hydrogen) atoms. The first-order valence-corrected chi connectivity index (χ1v) is 5.04. The molecule has 1 aromatic rings. The number of rotatable bonds is 2. The maximum Gasteiger partial charge on any atom is 0.0627 e. The molecule has 0 amide bonds. The van der Waals surface area contributed by atoms with Crippen LogP contribution in [0.25, 0.3) is 0 Å². The second kappa shape index (κ2) is 3.92. The van der Waals surface area contributed by atoms with Gasteiger partial charge in [-0.2, -0.15) is 5.10 Å². The van der Waals surface area contributed by atoms with Gasteiger partial charge < -0.3 is 5.32 Å². The van der Waals surface area contributed by atoms with Crippen molar-refractivity contribution in [1.82, 2.24) is 15.1 Å². The number of nitrogens with one attached hydrogen (secondary N) is 1. The lowest BCUT2D eigenvalue weighted by Crippen LogP contribution is -2.30. The summed E-state index contributed by atoms with van der Waals surface area (Å²) in [7, 11) is 1.97. The van der Waals surface area contributed by atoms with Crippen molar-refractivity contribution >= 4 is 0 Å². The molecule has 2 heterocycles. The molecule has 72 valence electrons. The van der Waals surface area contributed by atoms with Gasteiger partial charge in [-0.1, -0.05) is 0 Å². The van der Waals surface area contributed by atoms with E-state index in [0.29, 0.717) is 0 Å². The molecule has 0 spiro atoms. The third-order valence-corrected chi connectivity index (χ3v) is 2.67. The Labute approximate surface area is 79.1 Å². The molecule has 0 aromatic carbocycles. The van der Waals surface area contributed by atoms with Gasteiger partial charge in [0, 0.05) is 13.2 Å². The van der Waals surface area contributed by atoms with Crippen molar-refractivity contribution in [2.45, 2.75) is 19.3 Å². The van der Waals surface area contributed by atoms with Crippen molar-refractivity contribution in [3.8, 4) is 0 Å². The Bertz CT molecular complexity index is 261. The molecule has 1 saturated heterocycles. The lowest BCUT2D eigenvalue weighted by molar-refractivity contribution is 0.373. The maximum atomic E-state index is 4.39. The highest BCUT2D eigenvalue weighted by Gasteiger charge is 2.14. The topological polar surface area (TPSA) is 29.9 Å². The van der Waals surface area contributed by atoms with Gasteiger partial charge in [-0.25, -0.2) is 0 Å². The second-order valence-corrected chi connectivity index (χ2v) is 3.90. The Morgan fingerprint density at radius 2 is 2.62 bits per heavy atom. The van der Waals surface area contributed by atoms with Crippen LogP contribution in [0.3, 0.4) is 0 Å². The number of aromatic nitrogens is 2. The van der Waals surface area contributed by atoms with E-state index in [-0.39, 0.29) is 0 Å². The quantitative estimate of drug-likeness (QED) is 0.733. The van der Waals surface area contributed by atoms with E-state index in [9.17, 15) is 0 Å². The molecule has 1 atom stereocenters. The zero-order valence-corrected chi connectivity index (χ0v) is 8.16. The first-order valence-electron chi connectivity index (χ1n) is 5.04. The Morgan fingerprint density at radius 1 is 1.69 bits per heavy atom. The molecule has 1 aliphatic rings. The first kappa shape index (κ1) is 8.75. The average molecular weight is 179 g/mol. The lowest BCUT2D eigenvalue weighted by Gasteiger charge is -2.21. The Kier molecular flexibility index (Phi) is 2.64. The van der Waals surface area contributed by atoms with Crippen molar-refractivity contribution < 1.29 is 0 Å². The standard InChI is InChI=1S/C10H17N3/c1-13-6-4-10(12-13)7-9-3-2-5-11-8-9/h4,6,9,11H,2-3,5,7-8H2,1H3. The molecule has 0 aliphatic carbocycles. The Hall–Kier alpha value is -0.830. The molecule has 3 nitrogen and oxygen atoms in total. The molecular formula is C10H17N3. The van der Waals surface area contributed by atoms with Crippen molar-refractivity contribution in [2.75, 3.05) is 13.1 Å². The van der Waals surface area contributed by atoms with Gasteiger partial charge >= 0.3 is 0 Å². The predicted molar refractivity (Wildman–Crippen MR) is 52.5 cm³/mol.